The molecule has 0 spiro atoms. The average molecular weight is 252 g/mol. The van der Waals surface area contributed by atoms with Gasteiger partial charge in [-0.05, 0) is 26.8 Å². The Morgan fingerprint density at radius 1 is 1.38 bits per heavy atom. The molecule has 0 aliphatic heterocycles. The Bertz CT molecular complexity index is 528. The molecule has 0 aliphatic carbocycles. The predicted molar refractivity (Wildman–Crippen MR) is 68.6 cm³/mol. The SMILES string of the molecule is Cc1csc(NC(=O)c2cc(C)sc2C)n1. The van der Waals surface area contributed by atoms with Gasteiger partial charge in [-0.1, -0.05) is 0 Å². The van der Waals surface area contributed by atoms with Crippen LogP contribution in [0.5, 0.6) is 0 Å². The first kappa shape index (κ1) is 11.3. The molecule has 0 saturated carbocycles. The van der Waals surface area contributed by atoms with Gasteiger partial charge < -0.3 is 0 Å². The van der Waals surface area contributed by atoms with Crippen molar-refractivity contribution in [1.82, 2.24) is 4.98 Å². The van der Waals surface area contributed by atoms with E-state index in [0.29, 0.717) is 5.13 Å². The van der Waals surface area contributed by atoms with E-state index in [-0.39, 0.29) is 5.91 Å². The fourth-order valence-corrected chi connectivity index (χ4v) is 3.04. The molecule has 3 nitrogen and oxygen atoms in total. The number of thiazole rings is 1. The Morgan fingerprint density at radius 2 is 2.12 bits per heavy atom. The van der Waals surface area contributed by atoms with Crippen molar-refractivity contribution in [3.05, 3.63) is 32.5 Å². The number of rotatable bonds is 2. The van der Waals surface area contributed by atoms with Crippen molar-refractivity contribution in [3.63, 3.8) is 0 Å². The first-order valence-electron chi connectivity index (χ1n) is 4.87. The van der Waals surface area contributed by atoms with E-state index in [1.54, 1.807) is 11.3 Å². The van der Waals surface area contributed by atoms with Gasteiger partial charge in [-0.2, -0.15) is 0 Å². The standard InChI is InChI=1S/C11H12N2OS2/c1-6-5-15-11(12-6)13-10(14)9-4-7(2)16-8(9)3/h4-5H,1-3H3,(H,12,13,14). The van der Waals surface area contributed by atoms with Gasteiger partial charge in [0.05, 0.1) is 11.3 Å². The van der Waals surface area contributed by atoms with Crippen LogP contribution in [0.2, 0.25) is 0 Å². The van der Waals surface area contributed by atoms with Gasteiger partial charge in [0.1, 0.15) is 0 Å². The highest BCUT2D eigenvalue weighted by Gasteiger charge is 2.13. The fourth-order valence-electron chi connectivity index (χ4n) is 1.43. The number of aromatic nitrogens is 1. The van der Waals surface area contributed by atoms with Gasteiger partial charge in [-0.25, -0.2) is 4.98 Å². The number of hydrogen-bond donors (Lipinski definition) is 1. The molecule has 16 heavy (non-hydrogen) atoms. The molecule has 84 valence electrons. The molecule has 2 heterocycles. The molecular formula is C11H12N2OS2. The van der Waals surface area contributed by atoms with Crippen LogP contribution < -0.4 is 5.32 Å². The lowest BCUT2D eigenvalue weighted by Crippen LogP contribution is -2.11. The summed E-state index contributed by atoms with van der Waals surface area (Å²) in [5.74, 6) is -0.0730. The van der Waals surface area contributed by atoms with Crippen molar-refractivity contribution >= 4 is 33.7 Å². The van der Waals surface area contributed by atoms with Gasteiger partial charge in [0.25, 0.3) is 5.91 Å². The minimum absolute atomic E-state index is 0.0730. The zero-order chi connectivity index (χ0) is 11.7. The van der Waals surface area contributed by atoms with E-state index in [2.05, 4.69) is 10.3 Å². The molecule has 0 fully saturated rings. The first-order valence-corrected chi connectivity index (χ1v) is 6.56. The molecule has 0 bridgehead atoms. The van der Waals surface area contributed by atoms with Crippen LogP contribution >= 0.6 is 22.7 Å². The van der Waals surface area contributed by atoms with Gasteiger partial charge in [-0.3, -0.25) is 10.1 Å². The summed E-state index contributed by atoms with van der Waals surface area (Å²) in [5, 5.41) is 5.38. The lowest BCUT2D eigenvalue weighted by molar-refractivity contribution is 0.102. The highest BCUT2D eigenvalue weighted by atomic mass is 32.1. The normalized spacial score (nSPS) is 10.4. The van der Waals surface area contributed by atoms with Gasteiger partial charge >= 0.3 is 0 Å². The van der Waals surface area contributed by atoms with E-state index in [4.69, 9.17) is 0 Å². The second-order valence-electron chi connectivity index (χ2n) is 3.58. The molecule has 5 heteroatoms. The Balaban J connectivity index is 2.17. The van der Waals surface area contributed by atoms with Crippen LogP contribution in [-0.4, -0.2) is 10.9 Å². The summed E-state index contributed by atoms with van der Waals surface area (Å²) in [4.78, 5) is 18.3. The number of amides is 1. The zero-order valence-corrected chi connectivity index (χ0v) is 11.0. The third-order valence-electron chi connectivity index (χ3n) is 2.13. The molecule has 2 aromatic heterocycles. The van der Waals surface area contributed by atoms with Crippen molar-refractivity contribution in [2.24, 2.45) is 0 Å². The topological polar surface area (TPSA) is 42.0 Å². The average Bonchev–Trinajstić information content (AvgIpc) is 2.73. The number of hydrogen-bond acceptors (Lipinski definition) is 4. The van der Waals surface area contributed by atoms with E-state index in [1.165, 1.54) is 11.3 Å². The second-order valence-corrected chi connectivity index (χ2v) is 5.89. The summed E-state index contributed by atoms with van der Waals surface area (Å²) in [6, 6.07) is 1.91. The highest BCUT2D eigenvalue weighted by Crippen LogP contribution is 2.22. The molecule has 0 saturated heterocycles. The van der Waals surface area contributed by atoms with Crippen molar-refractivity contribution in [2.75, 3.05) is 5.32 Å². The smallest absolute Gasteiger partial charge is 0.258 e. The molecule has 2 rings (SSSR count). The number of anilines is 1. The Labute approximate surface area is 102 Å². The molecule has 1 N–H and O–H groups in total. The first-order chi connectivity index (χ1) is 7.56. The second kappa shape index (κ2) is 4.35. The van der Waals surface area contributed by atoms with Gasteiger partial charge in [0.15, 0.2) is 5.13 Å². The van der Waals surface area contributed by atoms with Crippen LogP contribution in [0.15, 0.2) is 11.4 Å². The highest BCUT2D eigenvalue weighted by molar-refractivity contribution is 7.14. The quantitative estimate of drug-likeness (QED) is 0.890. The summed E-state index contributed by atoms with van der Waals surface area (Å²) in [5.41, 5.74) is 1.67. The minimum atomic E-state index is -0.0730. The van der Waals surface area contributed by atoms with Crippen molar-refractivity contribution < 1.29 is 4.79 Å². The van der Waals surface area contributed by atoms with Gasteiger partial charge in [-0.15, -0.1) is 22.7 Å². The summed E-state index contributed by atoms with van der Waals surface area (Å²) in [6.07, 6.45) is 0. The molecule has 0 radical (unpaired) electrons. The number of nitrogens with zero attached hydrogens (tertiary/aromatic N) is 1. The van der Waals surface area contributed by atoms with Crippen LogP contribution in [0, 0.1) is 20.8 Å². The van der Waals surface area contributed by atoms with E-state index in [1.807, 2.05) is 32.2 Å². The number of carbonyl (C=O) groups excluding carboxylic acids is 1. The monoisotopic (exact) mass is 252 g/mol. The minimum Gasteiger partial charge on any atom is -0.298 e. The fraction of sp³-hybridized carbons (Fsp3) is 0.273. The number of aryl methyl sites for hydroxylation is 3. The predicted octanol–water partition coefficient (Wildman–Crippen LogP) is 3.38. The van der Waals surface area contributed by atoms with Gasteiger partial charge in [0, 0.05) is 15.1 Å². The van der Waals surface area contributed by atoms with Gasteiger partial charge in [0.2, 0.25) is 0 Å². The van der Waals surface area contributed by atoms with Crippen molar-refractivity contribution in [2.45, 2.75) is 20.8 Å². The van der Waals surface area contributed by atoms with Crippen LogP contribution in [0.4, 0.5) is 5.13 Å². The molecule has 0 unspecified atom stereocenters. The van der Waals surface area contributed by atoms with Crippen LogP contribution in [0.25, 0.3) is 0 Å². The summed E-state index contributed by atoms with van der Waals surface area (Å²) < 4.78 is 0. The molecule has 0 aliphatic rings. The summed E-state index contributed by atoms with van der Waals surface area (Å²) in [7, 11) is 0. The lowest BCUT2D eigenvalue weighted by atomic mass is 10.2. The molecule has 2 aromatic rings. The van der Waals surface area contributed by atoms with E-state index in [9.17, 15) is 4.79 Å². The Kier molecular flexibility index (Phi) is 3.07. The van der Waals surface area contributed by atoms with E-state index in [0.717, 1.165) is 21.0 Å². The van der Waals surface area contributed by atoms with E-state index >= 15 is 0 Å². The lowest BCUT2D eigenvalue weighted by Gasteiger charge is -1.99. The largest absolute Gasteiger partial charge is 0.298 e. The van der Waals surface area contributed by atoms with Crippen LogP contribution in [-0.2, 0) is 0 Å². The third kappa shape index (κ3) is 2.31. The van der Waals surface area contributed by atoms with E-state index < -0.39 is 0 Å². The number of nitrogens with one attached hydrogen (secondary N) is 1. The van der Waals surface area contributed by atoms with Crippen LogP contribution in [0.3, 0.4) is 0 Å². The molecule has 0 aromatic carbocycles. The van der Waals surface area contributed by atoms with Crippen molar-refractivity contribution in [3.8, 4) is 0 Å². The Morgan fingerprint density at radius 3 is 2.62 bits per heavy atom. The van der Waals surface area contributed by atoms with Crippen LogP contribution in [0.1, 0.15) is 25.8 Å². The molecular weight excluding hydrogens is 240 g/mol. The summed E-state index contributed by atoms with van der Waals surface area (Å²) in [6.45, 7) is 5.87. The number of carbonyl (C=O) groups is 1. The third-order valence-corrected chi connectivity index (χ3v) is 3.97. The maximum Gasteiger partial charge on any atom is 0.258 e. The maximum atomic E-state index is 11.9. The number of thiophene rings is 1. The van der Waals surface area contributed by atoms with Crippen molar-refractivity contribution in [1.29, 1.82) is 0 Å². The zero-order valence-electron chi connectivity index (χ0n) is 9.33. The molecule has 1 amide bonds. The summed E-state index contributed by atoms with van der Waals surface area (Å²) >= 11 is 3.08. The Hall–Kier alpha value is -1.20. The molecule has 0 atom stereocenters. The maximum absolute atomic E-state index is 11.9.